The highest BCUT2D eigenvalue weighted by molar-refractivity contribution is 6.28. The number of fused-ring (bicyclic) bond motifs is 1. The van der Waals surface area contributed by atoms with Gasteiger partial charge in [-0.15, -0.1) is 0 Å². The average Bonchev–Trinajstić information content (AvgIpc) is 2.19. The summed E-state index contributed by atoms with van der Waals surface area (Å²) in [5.74, 6) is -0.890. The van der Waals surface area contributed by atoms with Crippen LogP contribution in [0.25, 0.3) is 0 Å². The van der Waals surface area contributed by atoms with Gasteiger partial charge in [0.25, 0.3) is 0 Å². The number of carbonyl (C=O) groups is 2. The summed E-state index contributed by atoms with van der Waals surface area (Å²) in [5, 5.41) is 0. The predicted molar refractivity (Wildman–Crippen MR) is 47.0 cm³/mol. The third-order valence-corrected chi connectivity index (χ3v) is 2.03. The van der Waals surface area contributed by atoms with Crippen molar-refractivity contribution in [2.75, 3.05) is 7.11 Å². The van der Waals surface area contributed by atoms with Crippen LogP contribution in [0.2, 0.25) is 0 Å². The Balaban J connectivity index is 2.49. The van der Waals surface area contributed by atoms with Crippen LogP contribution in [0.4, 0.5) is 9.18 Å². The molecule has 0 saturated carbocycles. The van der Waals surface area contributed by atoms with Crippen LogP contribution >= 0.6 is 0 Å². The van der Waals surface area contributed by atoms with Crippen LogP contribution in [0, 0.1) is 0 Å². The highest BCUT2D eigenvalue weighted by Gasteiger charge is 2.36. The lowest BCUT2D eigenvalue weighted by atomic mass is 9.99. The summed E-state index contributed by atoms with van der Waals surface area (Å²) in [5.41, 5.74) is -0.307. The Bertz CT molecular complexity index is 435. The maximum Gasteiger partial charge on any atom is 0.441 e. The van der Waals surface area contributed by atoms with E-state index in [0.29, 0.717) is 0 Å². The van der Waals surface area contributed by atoms with Gasteiger partial charge in [-0.1, -0.05) is 0 Å². The molecule has 1 aliphatic carbocycles. The molecule has 0 bridgehead atoms. The molecule has 0 N–H and O–H groups in total. The summed E-state index contributed by atoms with van der Waals surface area (Å²) >= 11 is 0. The van der Waals surface area contributed by atoms with Crippen LogP contribution in [0.15, 0.2) is 28.5 Å². The zero-order valence-electron chi connectivity index (χ0n) is 7.69. The van der Waals surface area contributed by atoms with Gasteiger partial charge in [0.05, 0.1) is 12.7 Å². The number of cyclic esters (lactones) is 2. The van der Waals surface area contributed by atoms with Crippen molar-refractivity contribution in [3.8, 4) is 0 Å². The van der Waals surface area contributed by atoms with Crippen molar-refractivity contribution in [1.82, 2.24) is 0 Å². The van der Waals surface area contributed by atoms with E-state index in [9.17, 15) is 14.0 Å². The van der Waals surface area contributed by atoms with Crippen LogP contribution in [-0.4, -0.2) is 31.1 Å². The molecule has 1 amide bonds. The lowest BCUT2D eigenvalue weighted by Gasteiger charge is -2.21. The fraction of sp³-hybridized carbons (Fsp3) is 0.222. The van der Waals surface area contributed by atoms with Crippen molar-refractivity contribution < 1.29 is 23.5 Å². The Kier molecular flexibility index (Phi) is 2.11. The van der Waals surface area contributed by atoms with Crippen LogP contribution in [0.5, 0.6) is 0 Å². The molecular weight excluding hydrogens is 205 g/mol. The molecule has 1 heterocycles. The number of carbonyl (C=O) groups excluding carboxylic acids is 2. The van der Waals surface area contributed by atoms with Crippen molar-refractivity contribution in [3.05, 3.63) is 23.5 Å². The number of methoxy groups -OCH3 is 1. The maximum atomic E-state index is 13.6. The normalized spacial score (nSPS) is 24.7. The minimum Gasteiger partial charge on any atom is -0.498 e. The van der Waals surface area contributed by atoms with Crippen molar-refractivity contribution in [1.29, 1.82) is 0 Å². The number of allylic oxidation sites excluding steroid dienone is 3. The fourth-order valence-electron chi connectivity index (χ4n) is 1.32. The Morgan fingerprint density at radius 3 is 2.87 bits per heavy atom. The SMILES string of the molecule is COC1=CC=C2C(=O)OC(=O)N=C2C1F. The molecule has 1 aliphatic heterocycles. The van der Waals surface area contributed by atoms with Gasteiger partial charge in [-0.05, 0) is 12.2 Å². The van der Waals surface area contributed by atoms with Crippen molar-refractivity contribution >= 4 is 17.8 Å². The Morgan fingerprint density at radius 1 is 1.47 bits per heavy atom. The molecular formula is C9H6FNO4. The fourth-order valence-corrected chi connectivity index (χ4v) is 1.32. The first-order valence-corrected chi connectivity index (χ1v) is 4.08. The molecule has 0 aromatic heterocycles. The molecule has 0 saturated heterocycles. The van der Waals surface area contributed by atoms with E-state index < -0.39 is 18.2 Å². The summed E-state index contributed by atoms with van der Waals surface area (Å²) in [7, 11) is 1.29. The molecule has 15 heavy (non-hydrogen) atoms. The number of esters is 1. The molecule has 1 unspecified atom stereocenters. The van der Waals surface area contributed by atoms with Gasteiger partial charge >= 0.3 is 12.1 Å². The van der Waals surface area contributed by atoms with Gasteiger partial charge in [0, 0.05) is 0 Å². The third kappa shape index (κ3) is 1.43. The van der Waals surface area contributed by atoms with E-state index in [1.165, 1.54) is 19.3 Å². The number of hydrogen-bond donors (Lipinski definition) is 0. The summed E-state index contributed by atoms with van der Waals surface area (Å²) < 4.78 is 22.5. The van der Waals surface area contributed by atoms with Crippen molar-refractivity contribution in [2.45, 2.75) is 6.17 Å². The van der Waals surface area contributed by atoms with Crippen molar-refractivity contribution in [3.63, 3.8) is 0 Å². The second-order valence-corrected chi connectivity index (χ2v) is 2.87. The Labute approximate surface area is 83.9 Å². The smallest absolute Gasteiger partial charge is 0.441 e. The monoisotopic (exact) mass is 211 g/mol. The molecule has 0 spiro atoms. The largest absolute Gasteiger partial charge is 0.498 e. The molecule has 1 atom stereocenters. The lowest BCUT2D eigenvalue weighted by Crippen LogP contribution is -2.34. The van der Waals surface area contributed by atoms with E-state index in [4.69, 9.17) is 4.74 Å². The minimum atomic E-state index is -1.70. The highest BCUT2D eigenvalue weighted by atomic mass is 19.1. The number of hydrogen-bond acceptors (Lipinski definition) is 4. The highest BCUT2D eigenvalue weighted by Crippen LogP contribution is 2.24. The van der Waals surface area contributed by atoms with Crippen LogP contribution in [-0.2, 0) is 14.3 Å². The Morgan fingerprint density at radius 2 is 2.20 bits per heavy atom. The number of alkyl halides is 1. The van der Waals surface area contributed by atoms with Crippen LogP contribution in [0.3, 0.4) is 0 Å². The molecule has 5 nitrogen and oxygen atoms in total. The van der Waals surface area contributed by atoms with Crippen LogP contribution < -0.4 is 0 Å². The second kappa shape index (κ2) is 3.30. The van der Waals surface area contributed by atoms with Gasteiger partial charge in [0.1, 0.15) is 11.5 Å². The van der Waals surface area contributed by atoms with Gasteiger partial charge in [-0.3, -0.25) is 0 Å². The number of halogens is 1. The van der Waals surface area contributed by atoms with E-state index in [-0.39, 0.29) is 17.0 Å². The first-order chi connectivity index (χ1) is 7.13. The molecule has 0 aromatic carbocycles. The van der Waals surface area contributed by atoms with Gasteiger partial charge < -0.3 is 9.47 Å². The summed E-state index contributed by atoms with van der Waals surface area (Å²) in [6.45, 7) is 0. The van der Waals surface area contributed by atoms with E-state index in [1.54, 1.807) is 0 Å². The minimum absolute atomic E-state index is 0.000000000000000222. The van der Waals surface area contributed by atoms with E-state index in [0.717, 1.165) is 0 Å². The zero-order valence-corrected chi connectivity index (χ0v) is 7.69. The lowest BCUT2D eigenvalue weighted by molar-refractivity contribution is -0.132. The maximum absolute atomic E-state index is 13.6. The quantitative estimate of drug-likeness (QED) is 0.477. The molecule has 2 rings (SSSR count). The van der Waals surface area contributed by atoms with E-state index in [2.05, 4.69) is 9.73 Å². The molecule has 6 heteroatoms. The number of rotatable bonds is 1. The van der Waals surface area contributed by atoms with Gasteiger partial charge in [0.15, 0.2) is 6.17 Å². The third-order valence-electron chi connectivity index (χ3n) is 2.03. The molecule has 0 fully saturated rings. The predicted octanol–water partition coefficient (Wildman–Crippen LogP) is 0.913. The average molecular weight is 211 g/mol. The van der Waals surface area contributed by atoms with Crippen LogP contribution in [0.1, 0.15) is 0 Å². The standard InChI is InChI=1S/C9H6FNO4/c1-14-5-3-2-4-7(6(5)10)11-9(13)15-8(4)12/h2-3,6H,1H3. The first kappa shape index (κ1) is 9.57. The van der Waals surface area contributed by atoms with Gasteiger partial charge in [-0.25, -0.2) is 14.0 Å². The van der Waals surface area contributed by atoms with Gasteiger partial charge in [-0.2, -0.15) is 4.99 Å². The number of aliphatic imine (C=N–C) groups is 1. The topological polar surface area (TPSA) is 65.0 Å². The molecule has 0 aromatic rings. The first-order valence-electron chi connectivity index (χ1n) is 4.08. The molecule has 0 radical (unpaired) electrons. The van der Waals surface area contributed by atoms with Gasteiger partial charge in [0.2, 0.25) is 0 Å². The second-order valence-electron chi connectivity index (χ2n) is 2.87. The summed E-state index contributed by atoms with van der Waals surface area (Å²) in [6.07, 6.45) is -0.197. The zero-order chi connectivity index (χ0) is 11.0. The molecule has 78 valence electrons. The summed E-state index contributed by atoms with van der Waals surface area (Å²) in [6, 6.07) is 0. The van der Waals surface area contributed by atoms with E-state index in [1.807, 2.05) is 0 Å². The number of nitrogens with zero attached hydrogens (tertiary/aromatic N) is 1. The Hall–Kier alpha value is -1.98. The number of amides is 1. The number of ether oxygens (including phenoxy) is 2. The van der Waals surface area contributed by atoms with E-state index >= 15 is 0 Å². The van der Waals surface area contributed by atoms with Crippen molar-refractivity contribution in [2.24, 2.45) is 4.99 Å². The summed E-state index contributed by atoms with van der Waals surface area (Å²) in [4.78, 5) is 25.2. The molecule has 2 aliphatic rings.